The van der Waals surface area contributed by atoms with Crippen molar-refractivity contribution in [1.29, 1.82) is 0 Å². The molecule has 0 fully saturated rings. The molecule has 0 saturated heterocycles. The summed E-state index contributed by atoms with van der Waals surface area (Å²) in [6.45, 7) is 4.56. The molecule has 0 aliphatic carbocycles. The average molecular weight is 276 g/mol. The number of unbranched alkanes of at least 4 members (excludes halogenated alkanes) is 9. The maximum atomic E-state index is 8.74. The summed E-state index contributed by atoms with van der Waals surface area (Å²) in [5, 5.41) is 0. The Morgan fingerprint density at radius 1 is 0.722 bits per heavy atom. The minimum atomic E-state index is -4.67. The monoisotopic (exact) mass is 276 g/mol. The van der Waals surface area contributed by atoms with E-state index in [-0.39, 0.29) is 20.3 Å². The molecule has 0 saturated carbocycles. The smallest absolute Gasteiger partial charge is 1.00 e. The molecule has 0 amide bonds. The van der Waals surface area contributed by atoms with Crippen LogP contribution in [-0.2, 0) is 10.4 Å². The van der Waals surface area contributed by atoms with Gasteiger partial charge < -0.3 is 1.43 Å². The van der Waals surface area contributed by atoms with Crippen molar-refractivity contribution in [2.24, 2.45) is 0 Å². The zero-order chi connectivity index (χ0) is 13.6. The van der Waals surface area contributed by atoms with Gasteiger partial charge >= 0.3 is 29.3 Å². The Kier molecular flexibility index (Phi) is 22.9. The Balaban J connectivity index is -0.000000139. The molecule has 0 radical (unpaired) electrons. The fraction of sp³-hybridized carbons (Fsp3) is 1.00. The Hall–Kier alpha value is 0.467. The van der Waals surface area contributed by atoms with Gasteiger partial charge in [-0.1, -0.05) is 78.1 Å². The molecule has 0 spiro atoms. The molecule has 0 heterocycles. The minimum Gasteiger partial charge on any atom is -1.00 e. The van der Waals surface area contributed by atoms with Crippen molar-refractivity contribution in [3.05, 3.63) is 0 Å². The van der Waals surface area contributed by atoms with Crippen LogP contribution in [0.4, 0.5) is 0 Å². The van der Waals surface area contributed by atoms with Crippen molar-refractivity contribution in [2.75, 3.05) is 0 Å². The van der Waals surface area contributed by atoms with Crippen molar-refractivity contribution < 1.29 is 37.8 Å². The van der Waals surface area contributed by atoms with Crippen molar-refractivity contribution in [3.8, 4) is 0 Å². The normalized spacial score (nSPS) is 10.2. The number of rotatable bonds is 9. The predicted octanol–water partition coefficient (Wildman–Crippen LogP) is 1.39. The van der Waals surface area contributed by atoms with Crippen LogP contribution < -0.4 is 18.9 Å². The van der Waals surface area contributed by atoms with Crippen LogP contribution in [-0.4, -0.2) is 17.5 Å². The molecule has 0 rings (SSSR count). The van der Waals surface area contributed by atoms with Gasteiger partial charge in [0.2, 0.25) is 0 Å². The van der Waals surface area contributed by atoms with E-state index in [0.717, 1.165) is 0 Å². The van der Waals surface area contributed by atoms with Gasteiger partial charge in [-0.05, 0) is 0 Å². The van der Waals surface area contributed by atoms with Gasteiger partial charge in [-0.3, -0.25) is 9.11 Å². The molecule has 18 heavy (non-hydrogen) atoms. The molecular weight excluding hydrogens is 247 g/mol. The first-order valence-electron chi connectivity index (χ1n) is 6.61. The Labute approximate surface area is 126 Å². The van der Waals surface area contributed by atoms with Gasteiger partial charge in [0.15, 0.2) is 0 Å². The Morgan fingerprint density at radius 2 is 0.889 bits per heavy atom. The van der Waals surface area contributed by atoms with E-state index < -0.39 is 10.4 Å². The van der Waals surface area contributed by atoms with E-state index in [1.165, 1.54) is 64.2 Å². The van der Waals surface area contributed by atoms with Crippen LogP contribution in [0.2, 0.25) is 0 Å². The van der Waals surface area contributed by atoms with Gasteiger partial charge in [0.05, 0.1) is 0 Å². The maximum absolute atomic E-state index is 8.74. The molecule has 4 nitrogen and oxygen atoms in total. The standard InChI is InChI=1S/C12H26.Li.H2O4S.H/c1-3-5-7-9-11-12-10-8-6-4-2;;1-5(2,3)4;/h3-12H2,1-2H3;;(H2,1,2,3,4);/q;+1;;-1. The van der Waals surface area contributed by atoms with Crippen molar-refractivity contribution in [1.82, 2.24) is 0 Å². The zero-order valence-corrected chi connectivity index (χ0v) is 13.0. The van der Waals surface area contributed by atoms with E-state index in [1.807, 2.05) is 0 Å². The zero-order valence-electron chi connectivity index (χ0n) is 13.2. The molecule has 0 aromatic rings. The third-order valence-electron chi connectivity index (χ3n) is 2.46. The summed E-state index contributed by atoms with van der Waals surface area (Å²) >= 11 is 0. The van der Waals surface area contributed by atoms with Gasteiger partial charge in [-0.15, -0.1) is 0 Å². The molecule has 0 aliphatic rings. The van der Waals surface area contributed by atoms with Crippen molar-refractivity contribution in [3.63, 3.8) is 0 Å². The molecule has 0 aromatic heterocycles. The second-order valence-electron chi connectivity index (χ2n) is 4.28. The number of hydrogen-bond donors (Lipinski definition) is 2. The summed E-state index contributed by atoms with van der Waals surface area (Å²) in [5.41, 5.74) is 0. The summed E-state index contributed by atoms with van der Waals surface area (Å²) in [6, 6.07) is 0. The fourth-order valence-corrected chi connectivity index (χ4v) is 1.56. The van der Waals surface area contributed by atoms with Crippen LogP contribution >= 0.6 is 0 Å². The van der Waals surface area contributed by atoms with Crippen LogP contribution in [0, 0.1) is 0 Å². The molecule has 0 bridgehead atoms. The molecular formula is C12H29LiO4S. The molecule has 0 atom stereocenters. The van der Waals surface area contributed by atoms with Crippen LogP contribution in [0.15, 0.2) is 0 Å². The molecule has 0 aliphatic heterocycles. The minimum absolute atomic E-state index is 0. The molecule has 6 heteroatoms. The summed E-state index contributed by atoms with van der Waals surface area (Å²) in [4.78, 5) is 0. The van der Waals surface area contributed by atoms with Gasteiger partial charge in [0.1, 0.15) is 0 Å². The summed E-state index contributed by atoms with van der Waals surface area (Å²) < 4.78 is 31.6. The Bertz CT molecular complexity index is 218. The van der Waals surface area contributed by atoms with Crippen molar-refractivity contribution >= 4 is 10.4 Å². The molecule has 0 unspecified atom stereocenters. The van der Waals surface area contributed by atoms with E-state index >= 15 is 0 Å². The van der Waals surface area contributed by atoms with Gasteiger partial charge in [0, 0.05) is 0 Å². The summed E-state index contributed by atoms with van der Waals surface area (Å²) in [5.74, 6) is 0. The van der Waals surface area contributed by atoms with Gasteiger partial charge in [-0.25, -0.2) is 0 Å². The quantitative estimate of drug-likeness (QED) is 0.379. The largest absolute Gasteiger partial charge is 1.00 e. The van der Waals surface area contributed by atoms with Gasteiger partial charge in [0.25, 0.3) is 0 Å². The first-order chi connectivity index (χ1) is 7.91. The summed E-state index contributed by atoms with van der Waals surface area (Å²) in [7, 11) is -4.67. The summed E-state index contributed by atoms with van der Waals surface area (Å²) in [6.07, 6.45) is 14.4. The van der Waals surface area contributed by atoms with E-state index in [2.05, 4.69) is 13.8 Å². The van der Waals surface area contributed by atoms with Crippen LogP contribution in [0.1, 0.15) is 79.5 Å². The maximum Gasteiger partial charge on any atom is 1.00 e. The van der Waals surface area contributed by atoms with Crippen LogP contribution in [0.3, 0.4) is 0 Å². The van der Waals surface area contributed by atoms with Crippen LogP contribution in [0.25, 0.3) is 0 Å². The second kappa shape index (κ2) is 17.5. The van der Waals surface area contributed by atoms with E-state index in [0.29, 0.717) is 0 Å². The van der Waals surface area contributed by atoms with E-state index in [9.17, 15) is 0 Å². The van der Waals surface area contributed by atoms with E-state index in [1.54, 1.807) is 0 Å². The molecule has 2 N–H and O–H groups in total. The van der Waals surface area contributed by atoms with E-state index in [4.69, 9.17) is 17.5 Å². The predicted molar refractivity (Wildman–Crippen MR) is 72.8 cm³/mol. The number of hydrogen-bond acceptors (Lipinski definition) is 2. The molecule has 0 aromatic carbocycles. The second-order valence-corrected chi connectivity index (χ2v) is 5.17. The van der Waals surface area contributed by atoms with Crippen LogP contribution in [0.5, 0.6) is 0 Å². The first-order valence-corrected chi connectivity index (χ1v) is 8.01. The van der Waals surface area contributed by atoms with Crippen molar-refractivity contribution in [2.45, 2.75) is 78.1 Å². The van der Waals surface area contributed by atoms with Gasteiger partial charge in [-0.2, -0.15) is 8.42 Å². The third-order valence-corrected chi connectivity index (χ3v) is 2.46. The third kappa shape index (κ3) is 44.0. The fourth-order valence-electron chi connectivity index (χ4n) is 1.56. The topological polar surface area (TPSA) is 74.6 Å². The molecule has 108 valence electrons. The average Bonchev–Trinajstić information content (AvgIpc) is 2.20. The Morgan fingerprint density at radius 3 is 1.06 bits per heavy atom. The SMILES string of the molecule is CCCCCCCCCCCC.O=S(=O)(O)O.[H-].[Li+]. The first kappa shape index (κ1) is 23.6.